The van der Waals surface area contributed by atoms with Crippen LogP contribution >= 0.6 is 11.8 Å². The Labute approximate surface area is 83.3 Å². The normalized spacial score (nSPS) is 20.2. The molecule has 0 spiro atoms. The molecule has 0 heterocycles. The van der Waals surface area contributed by atoms with Crippen molar-refractivity contribution >= 4 is 17.7 Å². The third-order valence-electron chi connectivity index (χ3n) is 2.42. The van der Waals surface area contributed by atoms with Crippen LogP contribution in [0.1, 0.15) is 25.7 Å². The van der Waals surface area contributed by atoms with Gasteiger partial charge in [-0.1, -0.05) is 12.8 Å². The summed E-state index contributed by atoms with van der Waals surface area (Å²) in [5, 5.41) is 12.6. The fourth-order valence-electron chi connectivity index (χ4n) is 1.66. The molecule has 0 atom stereocenters. The van der Waals surface area contributed by atoms with Gasteiger partial charge < -0.3 is 10.4 Å². The second kappa shape index (κ2) is 4.86. The maximum atomic E-state index is 11.1. The first-order valence-corrected chi connectivity index (χ1v) is 6.04. The van der Waals surface area contributed by atoms with Gasteiger partial charge in [0.1, 0.15) is 0 Å². The van der Waals surface area contributed by atoms with E-state index in [1.807, 2.05) is 6.26 Å². The molecule has 0 aromatic carbocycles. The number of rotatable bonds is 4. The molecule has 1 aliphatic rings. The van der Waals surface area contributed by atoms with Gasteiger partial charge in [-0.15, -0.1) is 0 Å². The molecule has 0 aromatic heterocycles. The summed E-state index contributed by atoms with van der Waals surface area (Å²) in [7, 11) is 0. The Balaban J connectivity index is 2.21. The molecule has 1 rings (SSSR count). The van der Waals surface area contributed by atoms with E-state index in [9.17, 15) is 9.90 Å². The summed E-state index contributed by atoms with van der Waals surface area (Å²) in [6.45, 7) is 0.423. The standard InChI is InChI=1S/C9H17NO2S/c1-13-6-8(11)10-7-9(12)4-2-3-5-9/h12H,2-7H2,1H3,(H,10,11). The topological polar surface area (TPSA) is 49.3 Å². The molecule has 0 saturated heterocycles. The SMILES string of the molecule is CSCC(=O)NCC1(O)CCCC1. The quantitative estimate of drug-likeness (QED) is 0.709. The molecule has 0 radical (unpaired) electrons. The van der Waals surface area contributed by atoms with E-state index in [1.165, 1.54) is 11.8 Å². The molecular formula is C9H17NO2S. The second-order valence-electron chi connectivity index (χ2n) is 3.64. The third kappa shape index (κ3) is 3.56. The first-order valence-electron chi connectivity index (χ1n) is 4.64. The molecule has 0 aliphatic heterocycles. The summed E-state index contributed by atoms with van der Waals surface area (Å²) in [5.74, 6) is 0.503. The average molecular weight is 203 g/mol. The van der Waals surface area contributed by atoms with Crippen molar-refractivity contribution < 1.29 is 9.90 Å². The number of hydrogen-bond acceptors (Lipinski definition) is 3. The van der Waals surface area contributed by atoms with Crippen molar-refractivity contribution in [2.45, 2.75) is 31.3 Å². The molecule has 3 nitrogen and oxygen atoms in total. The van der Waals surface area contributed by atoms with Crippen LogP contribution in [-0.4, -0.2) is 35.2 Å². The molecule has 0 aromatic rings. The van der Waals surface area contributed by atoms with Crippen LogP contribution in [0.5, 0.6) is 0 Å². The van der Waals surface area contributed by atoms with Gasteiger partial charge in [0.05, 0.1) is 11.4 Å². The van der Waals surface area contributed by atoms with Crippen molar-refractivity contribution in [1.82, 2.24) is 5.32 Å². The highest BCUT2D eigenvalue weighted by molar-refractivity contribution is 7.99. The molecule has 1 aliphatic carbocycles. The van der Waals surface area contributed by atoms with Crippen molar-refractivity contribution in [3.05, 3.63) is 0 Å². The van der Waals surface area contributed by atoms with Crippen LogP contribution in [0.15, 0.2) is 0 Å². The lowest BCUT2D eigenvalue weighted by Crippen LogP contribution is -2.41. The Morgan fingerprint density at radius 1 is 1.54 bits per heavy atom. The van der Waals surface area contributed by atoms with Gasteiger partial charge in [-0.2, -0.15) is 11.8 Å². The van der Waals surface area contributed by atoms with Crippen molar-refractivity contribution in [3.8, 4) is 0 Å². The number of carbonyl (C=O) groups excluding carboxylic acids is 1. The van der Waals surface area contributed by atoms with Crippen LogP contribution in [0, 0.1) is 0 Å². The minimum Gasteiger partial charge on any atom is -0.388 e. The zero-order chi connectivity index (χ0) is 9.73. The number of aliphatic hydroxyl groups is 1. The number of amides is 1. The zero-order valence-corrected chi connectivity index (χ0v) is 8.82. The lowest BCUT2D eigenvalue weighted by atomic mass is 10.0. The van der Waals surface area contributed by atoms with E-state index in [2.05, 4.69) is 5.32 Å². The molecule has 1 fully saturated rings. The molecule has 0 bridgehead atoms. The molecule has 1 amide bonds. The zero-order valence-electron chi connectivity index (χ0n) is 8.01. The van der Waals surface area contributed by atoms with Crippen molar-refractivity contribution in [3.63, 3.8) is 0 Å². The molecule has 0 unspecified atom stereocenters. The van der Waals surface area contributed by atoms with Crippen LogP contribution in [0.2, 0.25) is 0 Å². The summed E-state index contributed by atoms with van der Waals surface area (Å²) in [4.78, 5) is 11.1. The van der Waals surface area contributed by atoms with Gasteiger partial charge in [0.2, 0.25) is 5.91 Å². The minimum atomic E-state index is -0.617. The van der Waals surface area contributed by atoms with Gasteiger partial charge in [0.15, 0.2) is 0 Å². The predicted octanol–water partition coefficient (Wildman–Crippen LogP) is 0.771. The van der Waals surface area contributed by atoms with Gasteiger partial charge in [-0.25, -0.2) is 0 Å². The monoisotopic (exact) mass is 203 g/mol. The lowest BCUT2D eigenvalue weighted by Gasteiger charge is -2.22. The highest BCUT2D eigenvalue weighted by atomic mass is 32.2. The third-order valence-corrected chi connectivity index (χ3v) is 2.98. The predicted molar refractivity (Wildman–Crippen MR) is 54.8 cm³/mol. The van der Waals surface area contributed by atoms with Gasteiger partial charge in [-0.05, 0) is 19.1 Å². The Morgan fingerprint density at radius 2 is 2.15 bits per heavy atom. The van der Waals surface area contributed by atoms with Crippen molar-refractivity contribution in [2.24, 2.45) is 0 Å². The summed E-state index contributed by atoms with van der Waals surface area (Å²) < 4.78 is 0. The summed E-state index contributed by atoms with van der Waals surface area (Å²) in [6, 6.07) is 0. The van der Waals surface area contributed by atoms with E-state index in [0.717, 1.165) is 25.7 Å². The maximum Gasteiger partial charge on any atom is 0.230 e. The number of nitrogens with one attached hydrogen (secondary N) is 1. The summed E-state index contributed by atoms with van der Waals surface area (Å²) in [6.07, 6.45) is 5.70. The van der Waals surface area contributed by atoms with E-state index in [4.69, 9.17) is 0 Å². The van der Waals surface area contributed by atoms with Crippen molar-refractivity contribution in [1.29, 1.82) is 0 Å². The minimum absolute atomic E-state index is 0.0211. The molecular weight excluding hydrogens is 186 g/mol. The number of carbonyl (C=O) groups is 1. The summed E-state index contributed by atoms with van der Waals surface area (Å²) >= 11 is 1.50. The average Bonchev–Trinajstić information content (AvgIpc) is 2.51. The first-order chi connectivity index (χ1) is 6.16. The van der Waals surface area contributed by atoms with E-state index in [0.29, 0.717) is 12.3 Å². The Hall–Kier alpha value is -0.220. The van der Waals surface area contributed by atoms with Crippen LogP contribution in [-0.2, 0) is 4.79 Å². The van der Waals surface area contributed by atoms with E-state index < -0.39 is 5.60 Å². The lowest BCUT2D eigenvalue weighted by molar-refractivity contribution is -0.119. The van der Waals surface area contributed by atoms with Crippen LogP contribution < -0.4 is 5.32 Å². The van der Waals surface area contributed by atoms with E-state index in [-0.39, 0.29) is 5.91 Å². The second-order valence-corrected chi connectivity index (χ2v) is 4.51. The number of hydrogen-bond donors (Lipinski definition) is 2. The van der Waals surface area contributed by atoms with Gasteiger partial charge in [0, 0.05) is 6.54 Å². The van der Waals surface area contributed by atoms with E-state index in [1.54, 1.807) is 0 Å². The molecule has 4 heteroatoms. The largest absolute Gasteiger partial charge is 0.388 e. The smallest absolute Gasteiger partial charge is 0.230 e. The Bertz CT molecular complexity index is 178. The summed E-state index contributed by atoms with van der Waals surface area (Å²) in [5.41, 5.74) is -0.617. The van der Waals surface area contributed by atoms with Crippen LogP contribution in [0.4, 0.5) is 0 Å². The van der Waals surface area contributed by atoms with Crippen LogP contribution in [0.3, 0.4) is 0 Å². The first kappa shape index (κ1) is 10.9. The van der Waals surface area contributed by atoms with Crippen LogP contribution in [0.25, 0.3) is 0 Å². The molecule has 1 saturated carbocycles. The molecule has 2 N–H and O–H groups in total. The van der Waals surface area contributed by atoms with E-state index >= 15 is 0 Å². The highest BCUT2D eigenvalue weighted by Gasteiger charge is 2.30. The number of thioether (sulfide) groups is 1. The Kier molecular flexibility index (Phi) is 4.06. The fraction of sp³-hybridized carbons (Fsp3) is 0.889. The van der Waals surface area contributed by atoms with Gasteiger partial charge in [0.25, 0.3) is 0 Å². The van der Waals surface area contributed by atoms with Gasteiger partial charge >= 0.3 is 0 Å². The van der Waals surface area contributed by atoms with Gasteiger partial charge in [-0.3, -0.25) is 4.79 Å². The molecule has 76 valence electrons. The Morgan fingerprint density at radius 3 is 2.69 bits per heavy atom. The fourth-order valence-corrected chi connectivity index (χ4v) is 2.02. The highest BCUT2D eigenvalue weighted by Crippen LogP contribution is 2.28. The maximum absolute atomic E-state index is 11.1. The van der Waals surface area contributed by atoms with Crippen molar-refractivity contribution in [2.75, 3.05) is 18.6 Å². The molecule has 13 heavy (non-hydrogen) atoms.